The van der Waals surface area contributed by atoms with Gasteiger partial charge in [0.15, 0.2) is 0 Å². The molecule has 1 amide bonds. The maximum atomic E-state index is 12.2. The first kappa shape index (κ1) is 13.5. The highest BCUT2D eigenvalue weighted by Crippen LogP contribution is 2.43. The monoisotopic (exact) mass is 283 g/mol. The zero-order valence-corrected chi connectivity index (χ0v) is 12.0. The largest absolute Gasteiger partial charge is 0.508 e. The number of amides is 1. The molecule has 21 heavy (non-hydrogen) atoms. The van der Waals surface area contributed by atoms with Gasteiger partial charge in [-0.2, -0.15) is 0 Å². The third kappa shape index (κ3) is 2.23. The van der Waals surface area contributed by atoms with E-state index in [0.29, 0.717) is 0 Å². The molecular weight excluding hydrogens is 266 g/mol. The van der Waals surface area contributed by atoms with Crippen molar-refractivity contribution in [3.63, 3.8) is 0 Å². The molecule has 2 atom stereocenters. The summed E-state index contributed by atoms with van der Waals surface area (Å²) >= 11 is 0. The van der Waals surface area contributed by atoms with Crippen LogP contribution in [0.15, 0.2) is 48.5 Å². The van der Waals surface area contributed by atoms with Crippen molar-refractivity contribution in [1.29, 1.82) is 0 Å². The number of benzene rings is 2. The van der Waals surface area contributed by atoms with Crippen molar-refractivity contribution in [1.82, 2.24) is 0 Å². The fourth-order valence-corrected chi connectivity index (χ4v) is 2.77. The van der Waals surface area contributed by atoms with Crippen molar-refractivity contribution in [2.75, 3.05) is 12.0 Å². The van der Waals surface area contributed by atoms with Crippen LogP contribution in [0, 0.1) is 5.92 Å². The highest BCUT2D eigenvalue weighted by molar-refractivity contribution is 6.03. The quantitative estimate of drug-likeness (QED) is 0.880. The van der Waals surface area contributed by atoms with E-state index in [-0.39, 0.29) is 23.6 Å². The number of anilines is 1. The first-order valence-electron chi connectivity index (χ1n) is 6.88. The zero-order valence-electron chi connectivity index (χ0n) is 12.0. The van der Waals surface area contributed by atoms with Gasteiger partial charge in [-0.15, -0.1) is 0 Å². The van der Waals surface area contributed by atoms with E-state index in [4.69, 9.17) is 4.74 Å². The molecule has 0 bridgehead atoms. The van der Waals surface area contributed by atoms with E-state index in [0.717, 1.165) is 17.0 Å². The van der Waals surface area contributed by atoms with Gasteiger partial charge < -0.3 is 14.7 Å². The Bertz CT molecular complexity index is 649. The number of phenols is 1. The minimum absolute atomic E-state index is 0.00601. The van der Waals surface area contributed by atoms with E-state index >= 15 is 0 Å². The lowest BCUT2D eigenvalue weighted by Gasteiger charge is -2.46. The normalized spacial score (nSPS) is 21.0. The molecule has 4 heteroatoms. The number of carbonyl (C=O) groups is 1. The molecular formula is C17H17NO3. The summed E-state index contributed by atoms with van der Waals surface area (Å²) in [7, 11) is 1.62. The molecule has 2 aromatic carbocycles. The second-order valence-electron chi connectivity index (χ2n) is 5.23. The Morgan fingerprint density at radius 1 is 1.05 bits per heavy atom. The number of phenolic OH excluding ortho intramolecular Hbond substituents is 1. The Labute approximate surface area is 123 Å². The van der Waals surface area contributed by atoms with Gasteiger partial charge in [-0.05, 0) is 42.0 Å². The van der Waals surface area contributed by atoms with Crippen molar-refractivity contribution < 1.29 is 14.6 Å². The van der Waals surface area contributed by atoms with Gasteiger partial charge in [-0.3, -0.25) is 4.79 Å². The third-order valence-corrected chi connectivity index (χ3v) is 3.96. The number of β-lactam (4-membered cyclic amide) rings is 1. The van der Waals surface area contributed by atoms with Crippen molar-refractivity contribution in [3.8, 4) is 11.5 Å². The molecule has 1 fully saturated rings. The lowest BCUT2D eigenvalue weighted by Crippen LogP contribution is -2.54. The summed E-state index contributed by atoms with van der Waals surface area (Å²) in [5, 5.41) is 9.39. The molecule has 0 radical (unpaired) electrons. The van der Waals surface area contributed by atoms with E-state index in [1.54, 1.807) is 24.1 Å². The first-order chi connectivity index (χ1) is 10.1. The van der Waals surface area contributed by atoms with E-state index in [1.165, 1.54) is 0 Å². The highest BCUT2D eigenvalue weighted by atomic mass is 16.5. The summed E-state index contributed by atoms with van der Waals surface area (Å²) in [6.07, 6.45) is 0. The second-order valence-corrected chi connectivity index (χ2v) is 5.23. The molecule has 3 rings (SSSR count). The number of carbonyl (C=O) groups excluding carboxylic acids is 1. The van der Waals surface area contributed by atoms with Crippen LogP contribution in [0.25, 0.3) is 0 Å². The first-order valence-corrected chi connectivity index (χ1v) is 6.88. The van der Waals surface area contributed by atoms with Crippen molar-refractivity contribution in [3.05, 3.63) is 54.1 Å². The van der Waals surface area contributed by atoms with Gasteiger partial charge in [0.25, 0.3) is 0 Å². The van der Waals surface area contributed by atoms with Crippen LogP contribution in [-0.2, 0) is 4.79 Å². The summed E-state index contributed by atoms with van der Waals surface area (Å²) in [6.45, 7) is 1.93. The summed E-state index contributed by atoms with van der Waals surface area (Å²) in [5.41, 5.74) is 1.88. The highest BCUT2D eigenvalue weighted by Gasteiger charge is 2.45. The van der Waals surface area contributed by atoms with Gasteiger partial charge in [-0.25, -0.2) is 0 Å². The number of ether oxygens (including phenoxy) is 1. The predicted octanol–water partition coefficient (Wildman–Crippen LogP) is 3.12. The predicted molar refractivity (Wildman–Crippen MR) is 80.5 cm³/mol. The second kappa shape index (κ2) is 5.13. The number of aromatic hydroxyl groups is 1. The van der Waals surface area contributed by atoms with E-state index in [9.17, 15) is 9.90 Å². The van der Waals surface area contributed by atoms with E-state index in [1.807, 2.05) is 43.3 Å². The van der Waals surface area contributed by atoms with Crippen LogP contribution in [0.4, 0.5) is 5.69 Å². The molecule has 108 valence electrons. The Morgan fingerprint density at radius 3 is 2.24 bits per heavy atom. The number of hydrogen-bond acceptors (Lipinski definition) is 3. The average molecular weight is 283 g/mol. The fraction of sp³-hybridized carbons (Fsp3) is 0.235. The number of methoxy groups -OCH3 is 1. The van der Waals surface area contributed by atoms with Crippen molar-refractivity contribution in [2.45, 2.75) is 13.0 Å². The van der Waals surface area contributed by atoms with Gasteiger partial charge in [0.1, 0.15) is 11.5 Å². The van der Waals surface area contributed by atoms with Gasteiger partial charge >= 0.3 is 0 Å². The minimum atomic E-state index is -0.0587. The van der Waals surface area contributed by atoms with Crippen LogP contribution in [0.1, 0.15) is 18.5 Å². The smallest absolute Gasteiger partial charge is 0.232 e. The van der Waals surface area contributed by atoms with Crippen molar-refractivity contribution >= 4 is 11.6 Å². The molecule has 1 heterocycles. The van der Waals surface area contributed by atoms with Crippen LogP contribution in [0.2, 0.25) is 0 Å². The SMILES string of the molecule is COc1ccc(N2C(=O)[C@H](C)[C@H]2c2ccc(O)cc2)cc1. The minimum Gasteiger partial charge on any atom is -0.508 e. The Kier molecular flexibility index (Phi) is 3.29. The van der Waals surface area contributed by atoms with Gasteiger partial charge in [-0.1, -0.05) is 19.1 Å². The summed E-state index contributed by atoms with van der Waals surface area (Å²) in [4.78, 5) is 14.0. The van der Waals surface area contributed by atoms with Crippen LogP contribution in [0.5, 0.6) is 11.5 Å². The van der Waals surface area contributed by atoms with Gasteiger partial charge in [0, 0.05) is 5.69 Å². The maximum Gasteiger partial charge on any atom is 0.232 e. The molecule has 0 saturated carbocycles. The maximum absolute atomic E-state index is 12.2. The summed E-state index contributed by atoms with van der Waals surface area (Å²) < 4.78 is 5.14. The standard InChI is InChI=1S/C17H17NO3/c1-11-16(12-3-7-14(19)8-4-12)18(17(11)20)13-5-9-15(21-2)10-6-13/h3-11,16,19H,1-2H3/t11-,16+/m1/s1. The lowest BCUT2D eigenvalue weighted by molar-refractivity contribution is -0.129. The molecule has 1 saturated heterocycles. The molecule has 1 N–H and O–H groups in total. The van der Waals surface area contributed by atoms with E-state index < -0.39 is 0 Å². The van der Waals surface area contributed by atoms with Crippen LogP contribution >= 0.6 is 0 Å². The number of nitrogens with zero attached hydrogens (tertiary/aromatic N) is 1. The Morgan fingerprint density at radius 2 is 1.67 bits per heavy atom. The topological polar surface area (TPSA) is 49.8 Å². The fourth-order valence-electron chi connectivity index (χ4n) is 2.77. The number of hydrogen-bond donors (Lipinski definition) is 1. The number of rotatable bonds is 3. The van der Waals surface area contributed by atoms with Gasteiger partial charge in [0.2, 0.25) is 5.91 Å². The molecule has 0 unspecified atom stereocenters. The zero-order chi connectivity index (χ0) is 15.0. The van der Waals surface area contributed by atoms with Crippen LogP contribution in [-0.4, -0.2) is 18.1 Å². The van der Waals surface area contributed by atoms with Crippen LogP contribution in [0.3, 0.4) is 0 Å². The molecule has 4 nitrogen and oxygen atoms in total. The molecule has 0 spiro atoms. The van der Waals surface area contributed by atoms with E-state index in [2.05, 4.69) is 0 Å². The van der Waals surface area contributed by atoms with Crippen LogP contribution < -0.4 is 9.64 Å². The molecule has 2 aromatic rings. The summed E-state index contributed by atoms with van der Waals surface area (Å²) in [5.74, 6) is 1.05. The molecule has 0 aliphatic carbocycles. The molecule has 1 aliphatic rings. The summed E-state index contributed by atoms with van der Waals surface area (Å²) in [6, 6.07) is 14.5. The average Bonchev–Trinajstić information content (AvgIpc) is 2.53. The van der Waals surface area contributed by atoms with Crippen molar-refractivity contribution in [2.24, 2.45) is 5.92 Å². The Balaban J connectivity index is 1.92. The third-order valence-electron chi connectivity index (χ3n) is 3.96. The molecule has 0 aromatic heterocycles. The lowest BCUT2D eigenvalue weighted by atomic mass is 9.83. The van der Waals surface area contributed by atoms with Gasteiger partial charge in [0.05, 0.1) is 19.1 Å². The Hall–Kier alpha value is -2.49. The molecule has 1 aliphatic heterocycles.